The molecule has 1 aliphatic carbocycles. The van der Waals surface area contributed by atoms with Crippen LogP contribution in [0.5, 0.6) is 5.75 Å². The Labute approximate surface area is 145 Å². The van der Waals surface area contributed by atoms with Gasteiger partial charge in [0.1, 0.15) is 5.75 Å². The monoisotopic (exact) mass is 330 g/mol. The van der Waals surface area contributed by atoms with Gasteiger partial charge in [0, 0.05) is 26.6 Å². The van der Waals surface area contributed by atoms with Gasteiger partial charge in [-0.05, 0) is 62.4 Å². The van der Waals surface area contributed by atoms with Crippen molar-refractivity contribution in [2.45, 2.75) is 51.7 Å². The molecule has 1 aromatic carbocycles. The fourth-order valence-electron chi connectivity index (χ4n) is 3.74. The summed E-state index contributed by atoms with van der Waals surface area (Å²) in [7, 11) is 1.90. The minimum absolute atomic E-state index is 0.230. The summed E-state index contributed by atoms with van der Waals surface area (Å²) in [4.78, 5) is 16.0. The number of benzene rings is 1. The predicted octanol–water partition coefficient (Wildman–Crippen LogP) is 3.31. The zero-order valence-corrected chi connectivity index (χ0v) is 15.0. The summed E-state index contributed by atoms with van der Waals surface area (Å²) in [5.41, 5.74) is 1.37. The van der Waals surface area contributed by atoms with Gasteiger partial charge in [-0.25, -0.2) is 0 Å². The quantitative estimate of drug-likeness (QED) is 0.769. The largest absolute Gasteiger partial charge is 0.490 e. The molecular formula is C20H30N2O2. The molecule has 0 radical (unpaired) electrons. The number of amides is 1. The van der Waals surface area contributed by atoms with E-state index in [1.165, 1.54) is 31.5 Å². The molecule has 3 rings (SSSR count). The van der Waals surface area contributed by atoms with Gasteiger partial charge < -0.3 is 9.64 Å². The van der Waals surface area contributed by atoms with Crippen LogP contribution in [0.1, 0.15) is 44.6 Å². The van der Waals surface area contributed by atoms with Gasteiger partial charge in [-0.1, -0.05) is 19.1 Å². The molecule has 0 atom stereocenters. The van der Waals surface area contributed by atoms with Crippen molar-refractivity contribution in [3.8, 4) is 5.75 Å². The average Bonchev–Trinajstić information content (AvgIpc) is 3.06. The minimum atomic E-state index is 0.230. The third kappa shape index (κ3) is 4.50. The first-order valence-electron chi connectivity index (χ1n) is 9.36. The second-order valence-corrected chi connectivity index (χ2v) is 7.33. The summed E-state index contributed by atoms with van der Waals surface area (Å²) in [5.74, 6) is 1.79. The molecule has 0 N–H and O–H groups in total. The van der Waals surface area contributed by atoms with E-state index < -0.39 is 0 Å². The fraction of sp³-hybridized carbons (Fsp3) is 0.650. The van der Waals surface area contributed by atoms with Crippen molar-refractivity contribution >= 4 is 5.91 Å². The lowest BCUT2D eigenvalue weighted by atomic mass is 9.82. The number of ether oxygens (including phenoxy) is 1. The van der Waals surface area contributed by atoms with Crippen molar-refractivity contribution in [1.82, 2.24) is 9.80 Å². The van der Waals surface area contributed by atoms with Gasteiger partial charge in [-0.2, -0.15) is 0 Å². The van der Waals surface area contributed by atoms with Crippen LogP contribution >= 0.6 is 0 Å². The Morgan fingerprint density at radius 2 is 1.88 bits per heavy atom. The molecule has 2 aliphatic rings. The van der Waals surface area contributed by atoms with Crippen LogP contribution in [-0.4, -0.2) is 48.5 Å². The third-order valence-electron chi connectivity index (χ3n) is 5.28. The molecule has 0 aromatic heterocycles. The standard InChI is InChI=1S/C20H30N2O2/c1-3-20(23)21(2)14-17-12-19(13-17)24-18-8-6-16(7-9-18)15-22-10-4-5-11-22/h6-9,17,19H,3-5,10-15H2,1-2H3. The number of nitrogens with zero attached hydrogens (tertiary/aromatic N) is 2. The molecule has 1 saturated heterocycles. The minimum Gasteiger partial charge on any atom is -0.490 e. The molecule has 1 heterocycles. The molecule has 1 amide bonds. The van der Waals surface area contributed by atoms with Gasteiger partial charge in [-0.3, -0.25) is 9.69 Å². The predicted molar refractivity (Wildman–Crippen MR) is 96.0 cm³/mol. The Kier molecular flexibility index (Phi) is 5.77. The number of rotatable bonds is 7. The lowest BCUT2D eigenvalue weighted by molar-refractivity contribution is -0.131. The topological polar surface area (TPSA) is 32.8 Å². The Balaban J connectivity index is 1.39. The van der Waals surface area contributed by atoms with Gasteiger partial charge in [0.15, 0.2) is 0 Å². The van der Waals surface area contributed by atoms with Crippen LogP contribution in [0.15, 0.2) is 24.3 Å². The van der Waals surface area contributed by atoms with E-state index in [1.54, 1.807) is 0 Å². The Hall–Kier alpha value is -1.55. The van der Waals surface area contributed by atoms with Gasteiger partial charge in [-0.15, -0.1) is 0 Å². The smallest absolute Gasteiger partial charge is 0.222 e. The first-order chi connectivity index (χ1) is 11.6. The lowest BCUT2D eigenvalue weighted by Gasteiger charge is -2.37. The van der Waals surface area contributed by atoms with Crippen LogP contribution in [0.3, 0.4) is 0 Å². The van der Waals surface area contributed by atoms with Crippen molar-refractivity contribution in [2.75, 3.05) is 26.7 Å². The van der Waals surface area contributed by atoms with Gasteiger partial charge in [0.05, 0.1) is 6.10 Å². The zero-order valence-electron chi connectivity index (χ0n) is 15.0. The molecule has 2 fully saturated rings. The van der Waals surface area contributed by atoms with Crippen LogP contribution in [-0.2, 0) is 11.3 Å². The molecular weight excluding hydrogens is 300 g/mol. The van der Waals surface area contributed by atoms with Crippen molar-refractivity contribution in [2.24, 2.45) is 5.92 Å². The normalized spacial score (nSPS) is 23.8. The number of carbonyl (C=O) groups is 1. The van der Waals surface area contributed by atoms with E-state index in [0.717, 1.165) is 31.7 Å². The maximum Gasteiger partial charge on any atom is 0.222 e. The third-order valence-corrected chi connectivity index (χ3v) is 5.28. The average molecular weight is 330 g/mol. The SMILES string of the molecule is CCC(=O)N(C)CC1CC(Oc2ccc(CN3CCCC3)cc2)C1. The van der Waals surface area contributed by atoms with Gasteiger partial charge in [0.25, 0.3) is 0 Å². The molecule has 1 aromatic rings. The highest BCUT2D eigenvalue weighted by Gasteiger charge is 2.32. The van der Waals surface area contributed by atoms with Crippen LogP contribution in [0.4, 0.5) is 0 Å². The summed E-state index contributed by atoms with van der Waals surface area (Å²) in [6, 6.07) is 8.59. The van der Waals surface area contributed by atoms with Crippen LogP contribution < -0.4 is 4.74 Å². The van der Waals surface area contributed by atoms with E-state index in [0.29, 0.717) is 18.4 Å². The van der Waals surface area contributed by atoms with E-state index >= 15 is 0 Å². The van der Waals surface area contributed by atoms with E-state index in [-0.39, 0.29) is 5.91 Å². The van der Waals surface area contributed by atoms with Crippen molar-refractivity contribution in [3.05, 3.63) is 29.8 Å². The van der Waals surface area contributed by atoms with E-state index in [1.807, 2.05) is 18.9 Å². The first kappa shape index (κ1) is 17.3. The summed E-state index contributed by atoms with van der Waals surface area (Å²) in [6.07, 6.45) is 5.68. The van der Waals surface area contributed by atoms with Crippen molar-refractivity contribution < 1.29 is 9.53 Å². The lowest BCUT2D eigenvalue weighted by Crippen LogP contribution is -2.41. The summed E-state index contributed by atoms with van der Waals surface area (Å²) >= 11 is 0. The molecule has 132 valence electrons. The molecule has 0 bridgehead atoms. The molecule has 0 unspecified atom stereocenters. The summed E-state index contributed by atoms with van der Waals surface area (Å²) < 4.78 is 6.06. The van der Waals surface area contributed by atoms with Crippen LogP contribution in [0.2, 0.25) is 0 Å². The second-order valence-electron chi connectivity index (χ2n) is 7.33. The Morgan fingerprint density at radius 1 is 1.21 bits per heavy atom. The molecule has 4 nitrogen and oxygen atoms in total. The second kappa shape index (κ2) is 8.02. The number of carbonyl (C=O) groups excluding carboxylic acids is 1. The highest BCUT2D eigenvalue weighted by Crippen LogP contribution is 2.32. The molecule has 1 aliphatic heterocycles. The summed E-state index contributed by atoms with van der Waals surface area (Å²) in [5, 5.41) is 0. The highest BCUT2D eigenvalue weighted by atomic mass is 16.5. The van der Waals surface area contributed by atoms with E-state index in [2.05, 4.69) is 29.2 Å². The zero-order chi connectivity index (χ0) is 16.9. The molecule has 1 saturated carbocycles. The van der Waals surface area contributed by atoms with Gasteiger partial charge in [0.2, 0.25) is 5.91 Å². The summed E-state index contributed by atoms with van der Waals surface area (Å²) in [6.45, 7) is 6.30. The number of likely N-dealkylation sites (tertiary alicyclic amines) is 1. The maximum atomic E-state index is 11.6. The van der Waals surface area contributed by atoms with Crippen molar-refractivity contribution in [3.63, 3.8) is 0 Å². The molecule has 0 spiro atoms. The first-order valence-corrected chi connectivity index (χ1v) is 9.36. The van der Waals surface area contributed by atoms with Crippen LogP contribution in [0.25, 0.3) is 0 Å². The van der Waals surface area contributed by atoms with E-state index in [9.17, 15) is 4.79 Å². The Morgan fingerprint density at radius 3 is 2.50 bits per heavy atom. The number of hydrogen-bond donors (Lipinski definition) is 0. The maximum absolute atomic E-state index is 11.6. The molecule has 24 heavy (non-hydrogen) atoms. The Bertz CT molecular complexity index is 531. The highest BCUT2D eigenvalue weighted by molar-refractivity contribution is 5.75. The van der Waals surface area contributed by atoms with Crippen LogP contribution in [0, 0.1) is 5.92 Å². The molecule has 4 heteroatoms. The van der Waals surface area contributed by atoms with E-state index in [4.69, 9.17) is 4.74 Å². The van der Waals surface area contributed by atoms with Gasteiger partial charge >= 0.3 is 0 Å². The van der Waals surface area contributed by atoms with Crippen molar-refractivity contribution in [1.29, 1.82) is 0 Å². The number of hydrogen-bond acceptors (Lipinski definition) is 3. The fourth-order valence-corrected chi connectivity index (χ4v) is 3.74.